The second kappa shape index (κ2) is 9.30. The van der Waals surface area contributed by atoms with E-state index in [1.807, 2.05) is 6.92 Å². The number of carbonyl (C=O) groups is 3. The summed E-state index contributed by atoms with van der Waals surface area (Å²) >= 11 is 0. The van der Waals surface area contributed by atoms with Crippen molar-refractivity contribution < 1.29 is 32.3 Å². The molecule has 184 valence electrons. The van der Waals surface area contributed by atoms with E-state index in [9.17, 15) is 27.6 Å². The highest BCUT2D eigenvalue weighted by molar-refractivity contribution is 6.26. The lowest BCUT2D eigenvalue weighted by Crippen LogP contribution is -2.48. The standard InChI is InChI=1S/C26H25F3N2O4/c1-3-17-18(23(33)35-2)9-10-20-22(17)25(12-14-30-15-13-25)24(34)31(20)21(32)11-8-16-6-4-5-7-19(16)26(27,28)29/h4-11,30H,3,12-15H2,1-2H3. The molecule has 0 bridgehead atoms. The van der Waals surface area contributed by atoms with Crippen LogP contribution in [0.2, 0.25) is 0 Å². The average molecular weight is 486 g/mol. The van der Waals surface area contributed by atoms with Gasteiger partial charge in [-0.25, -0.2) is 9.69 Å². The Kier molecular flexibility index (Phi) is 6.55. The number of piperidine rings is 1. The highest BCUT2D eigenvalue weighted by Crippen LogP contribution is 2.50. The van der Waals surface area contributed by atoms with Gasteiger partial charge in [-0.3, -0.25) is 9.59 Å². The van der Waals surface area contributed by atoms with E-state index in [-0.39, 0.29) is 5.56 Å². The second-order valence-electron chi connectivity index (χ2n) is 8.56. The molecule has 2 heterocycles. The van der Waals surface area contributed by atoms with Crippen molar-refractivity contribution in [3.8, 4) is 0 Å². The van der Waals surface area contributed by atoms with Crippen LogP contribution in [0, 0.1) is 0 Å². The first kappa shape index (κ1) is 24.7. The van der Waals surface area contributed by atoms with Crippen LogP contribution in [-0.2, 0) is 32.3 Å². The Morgan fingerprint density at radius 2 is 1.83 bits per heavy atom. The van der Waals surface area contributed by atoms with E-state index in [2.05, 4.69) is 5.32 Å². The molecular weight excluding hydrogens is 461 g/mol. The number of benzene rings is 2. The van der Waals surface area contributed by atoms with Gasteiger partial charge in [0.05, 0.1) is 29.3 Å². The van der Waals surface area contributed by atoms with Gasteiger partial charge in [-0.15, -0.1) is 0 Å². The Morgan fingerprint density at radius 3 is 2.46 bits per heavy atom. The molecule has 1 spiro atoms. The van der Waals surface area contributed by atoms with Gasteiger partial charge in [-0.2, -0.15) is 13.2 Å². The minimum Gasteiger partial charge on any atom is -0.465 e. The van der Waals surface area contributed by atoms with Crippen molar-refractivity contribution in [1.29, 1.82) is 0 Å². The van der Waals surface area contributed by atoms with Gasteiger partial charge in [0.15, 0.2) is 0 Å². The van der Waals surface area contributed by atoms with Crippen molar-refractivity contribution in [3.63, 3.8) is 0 Å². The van der Waals surface area contributed by atoms with Crippen LogP contribution >= 0.6 is 0 Å². The van der Waals surface area contributed by atoms with Crippen LogP contribution in [0.1, 0.15) is 52.4 Å². The monoisotopic (exact) mass is 486 g/mol. The minimum atomic E-state index is -4.58. The molecule has 9 heteroatoms. The number of anilines is 1. The number of methoxy groups -OCH3 is 1. The maximum Gasteiger partial charge on any atom is 0.416 e. The summed E-state index contributed by atoms with van der Waals surface area (Å²) in [6.45, 7) is 2.96. The number of imide groups is 1. The number of alkyl halides is 3. The number of nitrogens with one attached hydrogen (secondary N) is 1. The van der Waals surface area contributed by atoms with Crippen molar-refractivity contribution in [1.82, 2.24) is 5.32 Å². The first-order valence-corrected chi connectivity index (χ1v) is 11.3. The van der Waals surface area contributed by atoms with Crippen LogP contribution in [0.25, 0.3) is 6.08 Å². The summed E-state index contributed by atoms with van der Waals surface area (Å²) in [5.41, 5.74) is -0.0691. The Labute approximate surface area is 200 Å². The quantitative estimate of drug-likeness (QED) is 0.516. The fourth-order valence-corrected chi connectivity index (χ4v) is 5.13. The zero-order chi connectivity index (χ0) is 25.4. The van der Waals surface area contributed by atoms with Crippen molar-refractivity contribution in [2.24, 2.45) is 0 Å². The smallest absolute Gasteiger partial charge is 0.416 e. The van der Waals surface area contributed by atoms with Gasteiger partial charge in [0, 0.05) is 6.08 Å². The first-order valence-electron chi connectivity index (χ1n) is 11.3. The zero-order valence-corrected chi connectivity index (χ0v) is 19.4. The van der Waals surface area contributed by atoms with E-state index in [1.54, 1.807) is 6.07 Å². The van der Waals surface area contributed by atoms with Crippen LogP contribution < -0.4 is 10.2 Å². The first-order chi connectivity index (χ1) is 16.7. The van der Waals surface area contributed by atoms with E-state index in [4.69, 9.17) is 4.74 Å². The largest absolute Gasteiger partial charge is 0.465 e. The normalized spacial score (nSPS) is 17.2. The van der Waals surface area contributed by atoms with Gasteiger partial charge >= 0.3 is 12.1 Å². The molecule has 1 saturated heterocycles. The molecule has 1 fully saturated rings. The van der Waals surface area contributed by atoms with E-state index >= 15 is 0 Å². The fraction of sp³-hybridized carbons (Fsp3) is 0.346. The lowest BCUT2D eigenvalue weighted by atomic mass is 9.71. The molecule has 0 radical (unpaired) electrons. The summed E-state index contributed by atoms with van der Waals surface area (Å²) in [4.78, 5) is 40.5. The van der Waals surface area contributed by atoms with Gasteiger partial charge in [-0.1, -0.05) is 25.1 Å². The van der Waals surface area contributed by atoms with E-state index in [1.165, 1.54) is 31.4 Å². The van der Waals surface area contributed by atoms with Crippen molar-refractivity contribution in [2.75, 3.05) is 25.1 Å². The number of rotatable bonds is 4. The molecule has 0 unspecified atom stereocenters. The number of nitrogens with zero attached hydrogens (tertiary/aromatic N) is 1. The number of hydrogen-bond donors (Lipinski definition) is 1. The molecule has 2 aromatic carbocycles. The van der Waals surface area contributed by atoms with Gasteiger partial charge in [0.2, 0.25) is 5.91 Å². The number of carbonyl (C=O) groups excluding carboxylic acids is 3. The second-order valence-corrected chi connectivity index (χ2v) is 8.56. The van der Waals surface area contributed by atoms with Gasteiger partial charge < -0.3 is 10.1 Å². The Morgan fingerprint density at radius 1 is 1.14 bits per heavy atom. The zero-order valence-electron chi connectivity index (χ0n) is 19.4. The molecule has 2 amide bonds. The molecule has 2 aliphatic rings. The van der Waals surface area contributed by atoms with Crippen molar-refractivity contribution in [3.05, 3.63) is 70.3 Å². The summed E-state index contributed by atoms with van der Waals surface area (Å²) < 4.78 is 45.0. The lowest BCUT2D eigenvalue weighted by molar-refractivity contribution is -0.137. The molecule has 4 rings (SSSR count). The molecule has 1 N–H and O–H groups in total. The lowest BCUT2D eigenvalue weighted by Gasteiger charge is -2.34. The van der Waals surface area contributed by atoms with Crippen molar-refractivity contribution >= 4 is 29.5 Å². The van der Waals surface area contributed by atoms with Crippen LogP contribution in [0.15, 0.2) is 42.5 Å². The number of hydrogen-bond acceptors (Lipinski definition) is 5. The predicted molar refractivity (Wildman–Crippen MR) is 124 cm³/mol. The highest BCUT2D eigenvalue weighted by Gasteiger charge is 2.54. The summed E-state index contributed by atoms with van der Waals surface area (Å²) in [5, 5.41) is 3.22. The average Bonchev–Trinajstić information content (AvgIpc) is 3.09. The Balaban J connectivity index is 1.81. The third-order valence-electron chi connectivity index (χ3n) is 6.73. The number of ether oxygens (including phenoxy) is 1. The van der Waals surface area contributed by atoms with Crippen LogP contribution in [-0.4, -0.2) is 38.0 Å². The Bertz CT molecular complexity index is 1210. The van der Waals surface area contributed by atoms with Crippen LogP contribution in [0.5, 0.6) is 0 Å². The van der Waals surface area contributed by atoms with Gasteiger partial charge in [0.1, 0.15) is 0 Å². The molecule has 0 atom stereocenters. The Hall–Kier alpha value is -3.46. The van der Waals surface area contributed by atoms with Gasteiger partial charge in [-0.05, 0) is 73.3 Å². The predicted octanol–water partition coefficient (Wildman–Crippen LogP) is 4.26. The van der Waals surface area contributed by atoms with Crippen molar-refractivity contribution in [2.45, 2.75) is 37.8 Å². The number of amides is 2. The van der Waals surface area contributed by atoms with E-state index in [0.29, 0.717) is 54.7 Å². The summed E-state index contributed by atoms with van der Waals surface area (Å²) in [5.74, 6) is -1.70. The molecule has 2 aromatic rings. The van der Waals surface area contributed by atoms with Gasteiger partial charge in [0.25, 0.3) is 5.91 Å². The highest BCUT2D eigenvalue weighted by atomic mass is 19.4. The summed E-state index contributed by atoms with van der Waals surface area (Å²) in [6.07, 6.45) is -1.21. The third-order valence-corrected chi connectivity index (χ3v) is 6.73. The maximum atomic E-state index is 13.8. The SMILES string of the molecule is CCc1c(C(=O)OC)ccc2c1C1(CCNCC1)C(=O)N2C(=O)C=Cc1ccccc1C(F)(F)F. The minimum absolute atomic E-state index is 0.174. The molecule has 0 aliphatic carbocycles. The molecule has 35 heavy (non-hydrogen) atoms. The molecular formula is C26H25F3N2O4. The topological polar surface area (TPSA) is 75.7 Å². The molecule has 0 aromatic heterocycles. The summed E-state index contributed by atoms with van der Waals surface area (Å²) in [6, 6.07) is 7.99. The number of esters is 1. The fourth-order valence-electron chi connectivity index (χ4n) is 5.13. The molecule has 2 aliphatic heterocycles. The number of fused-ring (bicyclic) bond motifs is 2. The number of halogens is 3. The van der Waals surface area contributed by atoms with Crippen LogP contribution in [0.4, 0.5) is 18.9 Å². The van der Waals surface area contributed by atoms with Crippen LogP contribution in [0.3, 0.4) is 0 Å². The molecule has 0 saturated carbocycles. The van der Waals surface area contributed by atoms with E-state index in [0.717, 1.165) is 23.1 Å². The maximum absolute atomic E-state index is 13.8. The third kappa shape index (κ3) is 4.14. The molecule has 6 nitrogen and oxygen atoms in total. The summed E-state index contributed by atoms with van der Waals surface area (Å²) in [7, 11) is 1.28. The van der Waals surface area contributed by atoms with E-state index < -0.39 is 34.9 Å².